The van der Waals surface area contributed by atoms with Gasteiger partial charge in [0.05, 0.1) is 26.2 Å². The first kappa shape index (κ1) is 19.4. The maximum atomic E-state index is 13.6. The molecule has 0 unspecified atom stereocenters. The molecule has 3 aromatic rings. The number of benzene rings is 2. The van der Waals surface area contributed by atoms with E-state index in [0.29, 0.717) is 18.1 Å². The molecule has 158 valence electrons. The van der Waals surface area contributed by atoms with Crippen LogP contribution >= 0.6 is 0 Å². The summed E-state index contributed by atoms with van der Waals surface area (Å²) in [7, 11) is 3.26. The lowest BCUT2D eigenvalue weighted by atomic mass is 9.75. The summed E-state index contributed by atoms with van der Waals surface area (Å²) in [6.07, 6.45) is 4.06. The van der Waals surface area contributed by atoms with Crippen LogP contribution < -0.4 is 14.8 Å². The van der Waals surface area contributed by atoms with Crippen molar-refractivity contribution in [3.8, 4) is 11.5 Å². The zero-order chi connectivity index (χ0) is 21.5. The largest absolute Gasteiger partial charge is 0.497 e. The minimum absolute atomic E-state index is 0.0981. The number of allylic oxidation sites excluding steroid dienone is 2. The molecule has 1 aliphatic heterocycles. The van der Waals surface area contributed by atoms with Crippen LogP contribution in [0.15, 0.2) is 60.6 Å². The standard InChI is InChI=1S/C24H24N4O3/c1-14-6-4-5-7-17(14)23-22-19(27-24-25-13-26-28(23)24)10-15(11-20(22)29)18-9-8-16(30-2)12-21(18)31-3/h4-10,12-13,15,22-23H,11H2,1-3H3,(H,25,26,27)/t15-,22-,23-/m1/s1. The Morgan fingerprint density at radius 2 is 1.94 bits per heavy atom. The Morgan fingerprint density at radius 1 is 1.10 bits per heavy atom. The van der Waals surface area contributed by atoms with E-state index in [0.717, 1.165) is 28.1 Å². The van der Waals surface area contributed by atoms with Crippen molar-refractivity contribution in [3.05, 3.63) is 77.3 Å². The highest BCUT2D eigenvalue weighted by molar-refractivity contribution is 5.89. The van der Waals surface area contributed by atoms with Gasteiger partial charge in [-0.1, -0.05) is 36.4 Å². The molecule has 0 amide bonds. The number of aryl methyl sites for hydroxylation is 1. The van der Waals surface area contributed by atoms with Crippen LogP contribution in [-0.4, -0.2) is 34.8 Å². The first-order valence-electron chi connectivity index (χ1n) is 10.3. The molecule has 5 rings (SSSR count). The minimum Gasteiger partial charge on any atom is -0.497 e. The topological polar surface area (TPSA) is 78.3 Å². The van der Waals surface area contributed by atoms with Gasteiger partial charge in [0.25, 0.3) is 0 Å². The van der Waals surface area contributed by atoms with Gasteiger partial charge < -0.3 is 14.8 Å². The average Bonchev–Trinajstić information content (AvgIpc) is 3.26. The summed E-state index contributed by atoms with van der Waals surface area (Å²) in [4.78, 5) is 17.9. The fourth-order valence-electron chi connectivity index (χ4n) is 4.73. The molecule has 2 heterocycles. The third-order valence-corrected chi connectivity index (χ3v) is 6.24. The molecule has 2 aliphatic rings. The van der Waals surface area contributed by atoms with E-state index in [4.69, 9.17) is 9.47 Å². The van der Waals surface area contributed by atoms with Gasteiger partial charge in [0.1, 0.15) is 23.6 Å². The smallest absolute Gasteiger partial charge is 0.226 e. The van der Waals surface area contributed by atoms with Crippen LogP contribution in [0.25, 0.3) is 0 Å². The SMILES string of the molecule is COc1ccc([C@@H]2C=C3Nc4ncnn4[C@H](c4ccccc4C)[C@H]3C(=O)C2)c(OC)c1. The Morgan fingerprint density at radius 3 is 2.71 bits per heavy atom. The van der Waals surface area contributed by atoms with Crippen molar-refractivity contribution in [2.45, 2.75) is 25.3 Å². The molecule has 0 radical (unpaired) electrons. The fraction of sp³-hybridized carbons (Fsp3) is 0.292. The van der Waals surface area contributed by atoms with Crippen molar-refractivity contribution in [1.82, 2.24) is 14.8 Å². The molecular formula is C24H24N4O3. The summed E-state index contributed by atoms with van der Waals surface area (Å²) in [5, 5.41) is 7.79. The van der Waals surface area contributed by atoms with Gasteiger partial charge in [-0.05, 0) is 24.1 Å². The number of aromatic nitrogens is 3. The number of fused-ring (bicyclic) bond motifs is 2. The highest BCUT2D eigenvalue weighted by atomic mass is 16.5. The maximum Gasteiger partial charge on any atom is 0.226 e. The molecule has 0 spiro atoms. The molecular weight excluding hydrogens is 392 g/mol. The van der Waals surface area contributed by atoms with Gasteiger partial charge in [0.15, 0.2) is 0 Å². The van der Waals surface area contributed by atoms with Gasteiger partial charge >= 0.3 is 0 Å². The van der Waals surface area contributed by atoms with Crippen LogP contribution in [0.2, 0.25) is 0 Å². The van der Waals surface area contributed by atoms with Gasteiger partial charge in [-0.15, -0.1) is 0 Å². The van der Waals surface area contributed by atoms with Crippen LogP contribution in [-0.2, 0) is 4.79 Å². The molecule has 3 atom stereocenters. The zero-order valence-electron chi connectivity index (χ0n) is 17.7. The van der Waals surface area contributed by atoms with Crippen LogP contribution in [0.3, 0.4) is 0 Å². The lowest BCUT2D eigenvalue weighted by Gasteiger charge is -2.38. The second-order valence-corrected chi connectivity index (χ2v) is 7.94. The Labute approximate surface area is 180 Å². The summed E-state index contributed by atoms with van der Waals surface area (Å²) < 4.78 is 12.7. The molecule has 0 saturated heterocycles. The predicted molar refractivity (Wildman–Crippen MR) is 116 cm³/mol. The van der Waals surface area contributed by atoms with Crippen molar-refractivity contribution in [2.24, 2.45) is 5.92 Å². The summed E-state index contributed by atoms with van der Waals surface area (Å²) in [5.74, 6) is 1.81. The van der Waals surface area contributed by atoms with E-state index in [1.54, 1.807) is 14.2 Å². The lowest BCUT2D eigenvalue weighted by molar-refractivity contribution is -0.123. The number of nitrogens with one attached hydrogen (secondary N) is 1. The molecule has 1 aliphatic carbocycles. The number of ketones is 1. The van der Waals surface area contributed by atoms with E-state index in [-0.39, 0.29) is 23.7 Å². The number of carbonyl (C=O) groups excluding carboxylic acids is 1. The van der Waals surface area contributed by atoms with E-state index in [2.05, 4.69) is 40.5 Å². The number of hydrogen-bond acceptors (Lipinski definition) is 6. The molecule has 2 aromatic carbocycles. The van der Waals surface area contributed by atoms with Crippen LogP contribution in [0, 0.1) is 12.8 Å². The summed E-state index contributed by atoms with van der Waals surface area (Å²) >= 11 is 0. The molecule has 0 bridgehead atoms. The number of hydrogen-bond donors (Lipinski definition) is 1. The highest BCUT2D eigenvalue weighted by Crippen LogP contribution is 2.46. The van der Waals surface area contributed by atoms with Gasteiger partial charge in [0.2, 0.25) is 5.95 Å². The fourth-order valence-corrected chi connectivity index (χ4v) is 4.73. The van der Waals surface area contributed by atoms with Crippen LogP contribution in [0.5, 0.6) is 11.5 Å². The van der Waals surface area contributed by atoms with Crippen molar-refractivity contribution in [3.63, 3.8) is 0 Å². The molecule has 7 heteroatoms. The van der Waals surface area contributed by atoms with Crippen LogP contribution in [0.4, 0.5) is 5.95 Å². The molecule has 7 nitrogen and oxygen atoms in total. The monoisotopic (exact) mass is 416 g/mol. The van der Waals surface area contributed by atoms with Crippen molar-refractivity contribution >= 4 is 11.7 Å². The number of rotatable bonds is 4. The van der Waals surface area contributed by atoms with E-state index in [9.17, 15) is 4.79 Å². The molecule has 0 fully saturated rings. The normalized spacial score (nSPS) is 22.1. The van der Waals surface area contributed by atoms with E-state index >= 15 is 0 Å². The van der Waals surface area contributed by atoms with Gasteiger partial charge in [-0.3, -0.25) is 4.79 Å². The molecule has 0 saturated carbocycles. The Kier molecular flexibility index (Phi) is 4.73. The van der Waals surface area contributed by atoms with Crippen molar-refractivity contribution < 1.29 is 14.3 Å². The Bertz CT molecular complexity index is 1180. The summed E-state index contributed by atoms with van der Waals surface area (Å²) in [5.41, 5.74) is 4.04. The van der Waals surface area contributed by atoms with Crippen molar-refractivity contribution in [1.29, 1.82) is 0 Å². The number of anilines is 1. The predicted octanol–water partition coefficient (Wildman–Crippen LogP) is 3.88. The van der Waals surface area contributed by atoms with E-state index in [1.807, 2.05) is 35.0 Å². The highest BCUT2D eigenvalue weighted by Gasteiger charge is 2.43. The van der Waals surface area contributed by atoms with E-state index in [1.165, 1.54) is 6.33 Å². The quantitative estimate of drug-likeness (QED) is 0.696. The zero-order valence-corrected chi connectivity index (χ0v) is 17.7. The first-order chi connectivity index (χ1) is 15.1. The number of nitrogens with zero attached hydrogens (tertiary/aromatic N) is 3. The van der Waals surface area contributed by atoms with Crippen LogP contribution in [0.1, 0.15) is 35.1 Å². The second kappa shape index (κ2) is 7.58. The summed E-state index contributed by atoms with van der Waals surface area (Å²) in [6, 6.07) is 13.6. The number of Topliss-reactive ketones (excluding diaryl/α,β-unsaturated/α-hetero) is 1. The third-order valence-electron chi connectivity index (χ3n) is 6.24. The number of methoxy groups -OCH3 is 2. The van der Waals surface area contributed by atoms with E-state index < -0.39 is 0 Å². The Balaban J connectivity index is 1.61. The first-order valence-corrected chi connectivity index (χ1v) is 10.3. The van der Waals surface area contributed by atoms with Gasteiger partial charge in [-0.2, -0.15) is 10.1 Å². The summed E-state index contributed by atoms with van der Waals surface area (Å²) in [6.45, 7) is 2.07. The van der Waals surface area contributed by atoms with Crippen molar-refractivity contribution in [2.75, 3.05) is 19.5 Å². The Hall–Kier alpha value is -3.61. The average molecular weight is 416 g/mol. The maximum absolute atomic E-state index is 13.6. The molecule has 1 aromatic heterocycles. The number of carbonyl (C=O) groups is 1. The second-order valence-electron chi connectivity index (χ2n) is 7.94. The van der Waals surface area contributed by atoms with Gasteiger partial charge in [0, 0.05) is 29.7 Å². The third kappa shape index (κ3) is 3.17. The molecule has 31 heavy (non-hydrogen) atoms. The minimum atomic E-state index is -0.337. The van der Waals surface area contributed by atoms with Gasteiger partial charge in [-0.25, -0.2) is 4.68 Å². The molecule has 1 N–H and O–H groups in total. The lowest BCUT2D eigenvalue weighted by Crippen LogP contribution is -2.40. The number of ether oxygens (including phenoxy) is 2.